The highest BCUT2D eigenvalue weighted by Crippen LogP contribution is 2.35. The summed E-state index contributed by atoms with van der Waals surface area (Å²) in [4.78, 5) is 19.0. The van der Waals surface area contributed by atoms with Gasteiger partial charge in [0.25, 0.3) is 5.91 Å². The van der Waals surface area contributed by atoms with Crippen molar-refractivity contribution in [1.29, 1.82) is 0 Å². The van der Waals surface area contributed by atoms with E-state index in [1.807, 2.05) is 11.9 Å². The van der Waals surface area contributed by atoms with Gasteiger partial charge >= 0.3 is 6.18 Å². The molecule has 4 aromatic rings. The van der Waals surface area contributed by atoms with E-state index >= 15 is 0 Å². The second kappa shape index (κ2) is 12.2. The summed E-state index contributed by atoms with van der Waals surface area (Å²) < 4.78 is 69.5. The Morgan fingerprint density at radius 3 is 2.84 bits per heavy atom. The topological polar surface area (TPSA) is 115 Å². The summed E-state index contributed by atoms with van der Waals surface area (Å²) in [5.41, 5.74) is 1.24. The molecule has 236 valence electrons. The van der Waals surface area contributed by atoms with E-state index in [9.17, 15) is 22.4 Å². The number of rotatable bonds is 9. The summed E-state index contributed by atoms with van der Waals surface area (Å²) in [6.07, 6.45) is 0.911. The minimum atomic E-state index is -4.53. The molecule has 11 nitrogen and oxygen atoms in total. The molecule has 6 rings (SSSR count). The highest BCUT2D eigenvalue weighted by Gasteiger charge is 2.33. The number of fused-ring (bicyclic) bond motifs is 1. The van der Waals surface area contributed by atoms with Gasteiger partial charge in [0.2, 0.25) is 11.7 Å². The maximum Gasteiger partial charge on any atom is 0.406 e. The Morgan fingerprint density at radius 1 is 1.23 bits per heavy atom. The number of hydrogen-bond donors (Lipinski definition) is 2. The Kier molecular flexibility index (Phi) is 8.33. The van der Waals surface area contributed by atoms with Crippen LogP contribution in [0.15, 0.2) is 41.2 Å². The number of methoxy groups -OCH3 is 1. The van der Waals surface area contributed by atoms with Gasteiger partial charge in [-0.05, 0) is 50.9 Å². The molecule has 4 atom stereocenters. The fourth-order valence-corrected chi connectivity index (χ4v) is 6.17. The zero-order valence-corrected chi connectivity index (χ0v) is 24.4. The average Bonchev–Trinajstić information content (AvgIpc) is 3.78. The molecule has 1 aromatic carbocycles. The minimum Gasteiger partial charge on any atom is -0.379 e. The number of aromatic nitrogens is 5. The van der Waals surface area contributed by atoms with Crippen LogP contribution in [0.2, 0.25) is 0 Å². The first-order valence-corrected chi connectivity index (χ1v) is 14.6. The predicted molar refractivity (Wildman–Crippen MR) is 153 cm³/mol. The fourth-order valence-electron chi connectivity index (χ4n) is 6.17. The zero-order valence-electron chi connectivity index (χ0n) is 24.4. The normalized spacial score (nSPS) is 23.0. The number of alkyl halides is 4. The van der Waals surface area contributed by atoms with Crippen LogP contribution in [0, 0.1) is 0 Å². The summed E-state index contributed by atoms with van der Waals surface area (Å²) in [5, 5.41) is 14.6. The number of piperidine rings is 1. The zero-order chi connectivity index (χ0) is 31.0. The molecule has 2 fully saturated rings. The molecule has 0 unspecified atom stereocenters. The van der Waals surface area contributed by atoms with Gasteiger partial charge in [-0.1, -0.05) is 11.2 Å². The summed E-state index contributed by atoms with van der Waals surface area (Å²) in [7, 11) is 3.51. The van der Waals surface area contributed by atoms with E-state index in [2.05, 4.69) is 25.9 Å². The van der Waals surface area contributed by atoms with Crippen LogP contribution < -0.4 is 10.6 Å². The van der Waals surface area contributed by atoms with Crippen molar-refractivity contribution in [3.05, 3.63) is 48.1 Å². The molecule has 15 heteroatoms. The summed E-state index contributed by atoms with van der Waals surface area (Å²) in [6, 6.07) is 6.05. The van der Waals surface area contributed by atoms with Gasteiger partial charge in [0, 0.05) is 37.5 Å². The van der Waals surface area contributed by atoms with Crippen molar-refractivity contribution in [2.24, 2.45) is 0 Å². The lowest BCUT2D eigenvalue weighted by molar-refractivity contribution is -0.139. The van der Waals surface area contributed by atoms with Crippen molar-refractivity contribution in [1.82, 2.24) is 34.7 Å². The Morgan fingerprint density at radius 2 is 2.07 bits per heavy atom. The molecule has 3 aromatic heterocycles. The SMILES string of the molecule is CO[C@H]1CCC[C@@H]1n1cc(C(=O)NCc2nc(-c3cc4c(N[C@@H]5CCN(C)C[C@@H]5F)cccc4n3CC(F)(F)F)no2)cn1. The van der Waals surface area contributed by atoms with E-state index in [1.165, 1.54) is 6.20 Å². The monoisotopic (exact) mass is 618 g/mol. The maximum atomic E-state index is 14.8. The molecule has 1 saturated carbocycles. The number of ether oxygens (including phenoxy) is 1. The third kappa shape index (κ3) is 6.29. The molecule has 0 radical (unpaired) electrons. The summed E-state index contributed by atoms with van der Waals surface area (Å²) in [5.74, 6) is -0.461. The van der Waals surface area contributed by atoms with Crippen LogP contribution in [0.5, 0.6) is 0 Å². The molecule has 4 heterocycles. The number of benzene rings is 1. The second-order valence-electron chi connectivity index (χ2n) is 11.5. The standard InChI is InChI=1S/C29H34F4N8O3/c1-39-10-9-21(19(30)15-39)36-20-5-3-6-22-18(20)11-24(40(22)16-29(31,32)33)27-37-26(44-38-27)13-34-28(42)17-12-35-41(14-17)23-7-4-8-25(23)43-2/h3,5-6,11-12,14,19,21,23,25,36H,4,7-10,13,15-16H2,1-2H3,(H,34,42)/t19-,21+,23-,25-/m0/s1. The first-order chi connectivity index (χ1) is 21.1. The van der Waals surface area contributed by atoms with Crippen LogP contribution >= 0.6 is 0 Å². The molecular weight excluding hydrogens is 584 g/mol. The number of halogens is 4. The molecule has 2 aliphatic rings. The van der Waals surface area contributed by atoms with Crippen LogP contribution in [0.25, 0.3) is 22.4 Å². The van der Waals surface area contributed by atoms with Gasteiger partial charge in [-0.2, -0.15) is 23.3 Å². The number of hydrogen-bond acceptors (Lipinski definition) is 8. The maximum absolute atomic E-state index is 14.8. The van der Waals surface area contributed by atoms with Crippen LogP contribution in [-0.2, 0) is 17.8 Å². The number of nitrogens with one attached hydrogen (secondary N) is 2. The largest absolute Gasteiger partial charge is 0.406 e. The van der Waals surface area contributed by atoms with Gasteiger partial charge in [0.15, 0.2) is 0 Å². The third-order valence-electron chi connectivity index (χ3n) is 8.39. The predicted octanol–water partition coefficient (Wildman–Crippen LogP) is 4.57. The van der Waals surface area contributed by atoms with Crippen LogP contribution in [0.3, 0.4) is 0 Å². The van der Waals surface area contributed by atoms with E-state index in [1.54, 1.807) is 42.3 Å². The lowest BCUT2D eigenvalue weighted by Crippen LogP contribution is -2.46. The summed E-state index contributed by atoms with van der Waals surface area (Å²) in [6.45, 7) is -0.451. The highest BCUT2D eigenvalue weighted by atomic mass is 19.4. The van der Waals surface area contributed by atoms with E-state index in [-0.39, 0.29) is 42.6 Å². The van der Waals surface area contributed by atoms with E-state index < -0.39 is 30.8 Å². The lowest BCUT2D eigenvalue weighted by atomic mass is 10.0. The fraction of sp³-hybridized carbons (Fsp3) is 0.517. The Labute approximate surface area is 250 Å². The molecule has 0 bridgehead atoms. The minimum absolute atomic E-state index is 0.0183. The number of amides is 1. The van der Waals surface area contributed by atoms with E-state index in [0.717, 1.165) is 23.8 Å². The van der Waals surface area contributed by atoms with Gasteiger partial charge in [0.1, 0.15) is 12.7 Å². The van der Waals surface area contributed by atoms with Crippen molar-refractivity contribution in [2.45, 2.75) is 69.3 Å². The highest BCUT2D eigenvalue weighted by molar-refractivity contribution is 5.96. The van der Waals surface area contributed by atoms with Gasteiger partial charge in [-0.15, -0.1) is 0 Å². The van der Waals surface area contributed by atoms with Crippen LogP contribution in [0.4, 0.5) is 23.2 Å². The number of carbonyl (C=O) groups is 1. The van der Waals surface area contributed by atoms with Gasteiger partial charge in [0.05, 0.1) is 47.7 Å². The third-order valence-corrected chi connectivity index (χ3v) is 8.39. The van der Waals surface area contributed by atoms with Gasteiger partial charge in [-0.3, -0.25) is 9.48 Å². The Bertz CT molecular complexity index is 1620. The van der Waals surface area contributed by atoms with Crippen molar-refractivity contribution >= 4 is 22.5 Å². The van der Waals surface area contributed by atoms with Crippen molar-refractivity contribution in [2.75, 3.05) is 32.6 Å². The van der Waals surface area contributed by atoms with E-state index in [0.29, 0.717) is 35.1 Å². The number of carbonyl (C=O) groups excluding carboxylic acids is 1. The van der Waals surface area contributed by atoms with Crippen molar-refractivity contribution in [3.63, 3.8) is 0 Å². The molecule has 44 heavy (non-hydrogen) atoms. The second-order valence-corrected chi connectivity index (χ2v) is 11.5. The van der Waals surface area contributed by atoms with Crippen LogP contribution in [0.1, 0.15) is 48.0 Å². The quantitative estimate of drug-likeness (QED) is 0.262. The first kappa shape index (κ1) is 30.1. The number of nitrogens with zero attached hydrogens (tertiary/aromatic N) is 6. The Balaban J connectivity index is 1.21. The Hall–Kier alpha value is -3.98. The van der Waals surface area contributed by atoms with Crippen molar-refractivity contribution < 1.29 is 31.6 Å². The molecule has 2 N–H and O–H groups in total. The van der Waals surface area contributed by atoms with Crippen LogP contribution in [-0.4, -0.2) is 87.0 Å². The van der Waals surface area contributed by atoms with Crippen molar-refractivity contribution in [3.8, 4) is 11.5 Å². The molecule has 1 aliphatic carbocycles. The molecule has 0 spiro atoms. The smallest absolute Gasteiger partial charge is 0.379 e. The van der Waals surface area contributed by atoms with Gasteiger partial charge < -0.3 is 29.4 Å². The molecular formula is C29H34F4N8O3. The summed E-state index contributed by atoms with van der Waals surface area (Å²) >= 11 is 0. The number of anilines is 1. The molecule has 1 amide bonds. The number of likely N-dealkylation sites (tertiary alicyclic amines) is 1. The van der Waals surface area contributed by atoms with Gasteiger partial charge in [-0.25, -0.2) is 4.39 Å². The average molecular weight is 619 g/mol. The lowest BCUT2D eigenvalue weighted by Gasteiger charge is -2.33. The molecule has 1 aliphatic heterocycles. The molecule has 1 saturated heterocycles. The first-order valence-electron chi connectivity index (χ1n) is 14.6. The van der Waals surface area contributed by atoms with E-state index in [4.69, 9.17) is 9.26 Å².